The van der Waals surface area contributed by atoms with E-state index in [4.69, 9.17) is 0 Å². The minimum absolute atomic E-state index is 0. The Labute approximate surface area is 150 Å². The van der Waals surface area contributed by atoms with Gasteiger partial charge in [-0.15, -0.1) is 0 Å². The number of imide groups is 1. The molecule has 2 heterocycles. The Morgan fingerprint density at radius 2 is 1.67 bits per heavy atom. The van der Waals surface area contributed by atoms with Gasteiger partial charge in [0.2, 0.25) is 0 Å². The number of aliphatic hydroxyl groups excluding tert-OH is 1. The van der Waals surface area contributed by atoms with Crippen molar-refractivity contribution in [2.45, 2.75) is 49.0 Å². The zero-order valence-electron chi connectivity index (χ0n) is 14.4. The van der Waals surface area contributed by atoms with Crippen LogP contribution in [0.2, 0.25) is 0 Å². The molecule has 0 spiro atoms. The Morgan fingerprint density at radius 1 is 1.12 bits per heavy atom. The van der Waals surface area contributed by atoms with E-state index in [0.717, 1.165) is 11.8 Å². The number of thioether (sulfide) groups is 1. The van der Waals surface area contributed by atoms with Crippen molar-refractivity contribution in [2.24, 2.45) is 10.8 Å². The molecule has 0 aromatic heterocycles. The molecule has 5 nitrogen and oxygen atoms in total. The maximum Gasteiger partial charge on any atom is 0.290 e. The number of carbonyl (C=O) groups is 3. The Balaban J connectivity index is 0.000000425. The van der Waals surface area contributed by atoms with Crippen LogP contribution in [0.1, 0.15) is 49.0 Å². The van der Waals surface area contributed by atoms with Crippen LogP contribution in [0.4, 0.5) is 4.79 Å². The maximum absolute atomic E-state index is 11.2. The highest BCUT2D eigenvalue weighted by atomic mass is 32.2. The molecule has 7 heteroatoms. The Kier molecular flexibility index (Phi) is 7.91. The first kappa shape index (κ1) is 22.9. The predicted octanol–water partition coefficient (Wildman–Crippen LogP) is 4.60. The first-order valence-corrected chi connectivity index (χ1v) is 9.30. The minimum atomic E-state index is -0.282. The van der Waals surface area contributed by atoms with Crippen LogP contribution >= 0.6 is 20.3 Å². The Bertz CT molecular complexity index is 595. The normalized spacial score (nSPS) is 20.9. The molecule has 1 unspecified atom stereocenters. The predicted molar refractivity (Wildman–Crippen MR) is 103 cm³/mol. The van der Waals surface area contributed by atoms with Crippen LogP contribution < -0.4 is 5.32 Å². The summed E-state index contributed by atoms with van der Waals surface area (Å²) in [6, 6.07) is 0. The van der Waals surface area contributed by atoms with Crippen molar-refractivity contribution in [3.63, 3.8) is 0 Å². The number of amides is 2. The average molecular weight is 373 g/mol. The van der Waals surface area contributed by atoms with Crippen molar-refractivity contribution in [3.8, 4) is 0 Å². The van der Waals surface area contributed by atoms with E-state index >= 15 is 0 Å². The lowest BCUT2D eigenvalue weighted by Crippen LogP contribution is -2.18. The number of rotatable bonds is 0. The first-order chi connectivity index (χ1) is 10.3. The fourth-order valence-electron chi connectivity index (χ4n) is 2.06. The van der Waals surface area contributed by atoms with Gasteiger partial charge in [0.15, 0.2) is 5.52 Å². The molecule has 0 aromatic rings. The van der Waals surface area contributed by atoms with Gasteiger partial charge in [0, 0.05) is 11.7 Å². The zero-order valence-corrected chi connectivity index (χ0v) is 16.2. The van der Waals surface area contributed by atoms with E-state index in [1.165, 1.54) is 0 Å². The van der Waals surface area contributed by atoms with Crippen LogP contribution in [0.3, 0.4) is 0 Å². The summed E-state index contributed by atoms with van der Waals surface area (Å²) in [5, 5.41) is 11.3. The van der Waals surface area contributed by atoms with Gasteiger partial charge in [-0.3, -0.25) is 19.7 Å². The lowest BCUT2D eigenvalue weighted by atomic mass is 9.86. The second kappa shape index (κ2) is 8.30. The molecule has 0 bridgehead atoms. The highest BCUT2D eigenvalue weighted by molar-refractivity contribution is 8.18. The molecule has 1 saturated heterocycles. The quantitative estimate of drug-likeness (QED) is 0.479. The maximum atomic E-state index is 11.2. The molecule has 2 rings (SSSR count). The SMILES string of the molecule is C.CC(C)(C)C1=C(O)CPC1=O.CC(C)(C)C=C1SC(=O)NC1=O. The van der Waals surface area contributed by atoms with Crippen LogP contribution in [0.5, 0.6) is 0 Å². The third kappa shape index (κ3) is 6.78. The van der Waals surface area contributed by atoms with Gasteiger partial charge in [-0.1, -0.05) is 55.0 Å². The largest absolute Gasteiger partial charge is 0.511 e. The number of hydrogen-bond acceptors (Lipinski definition) is 5. The first-order valence-electron chi connectivity index (χ1n) is 7.28. The molecule has 0 radical (unpaired) electrons. The summed E-state index contributed by atoms with van der Waals surface area (Å²) in [4.78, 5) is 33.5. The average Bonchev–Trinajstić information content (AvgIpc) is 2.80. The van der Waals surface area contributed by atoms with Crippen LogP contribution in [0.25, 0.3) is 0 Å². The third-order valence-corrected chi connectivity index (χ3v) is 4.78. The molecule has 2 aliphatic rings. The molecule has 2 N–H and O–H groups in total. The summed E-state index contributed by atoms with van der Waals surface area (Å²) in [7, 11) is 0.254. The number of carbonyl (C=O) groups excluding carboxylic acids is 3. The molecule has 0 aromatic carbocycles. The lowest BCUT2D eigenvalue weighted by molar-refractivity contribution is -0.115. The molecular weight excluding hydrogens is 345 g/mol. The number of nitrogens with one attached hydrogen (secondary N) is 1. The van der Waals surface area contributed by atoms with E-state index in [1.807, 2.05) is 41.5 Å². The van der Waals surface area contributed by atoms with Gasteiger partial charge in [0.1, 0.15) is 5.76 Å². The Morgan fingerprint density at radius 3 is 1.92 bits per heavy atom. The third-order valence-electron chi connectivity index (χ3n) is 2.89. The highest BCUT2D eigenvalue weighted by Crippen LogP contribution is 2.40. The molecule has 1 fully saturated rings. The molecule has 2 aliphatic heterocycles. The Hall–Kier alpha value is -1.13. The van der Waals surface area contributed by atoms with Gasteiger partial charge in [0.25, 0.3) is 11.1 Å². The van der Waals surface area contributed by atoms with Crippen LogP contribution in [0.15, 0.2) is 22.3 Å². The van der Waals surface area contributed by atoms with Crippen molar-refractivity contribution < 1.29 is 19.5 Å². The summed E-state index contributed by atoms with van der Waals surface area (Å²) in [5.74, 6) is 0.0285. The second-order valence-electron chi connectivity index (χ2n) is 7.47. The van der Waals surface area contributed by atoms with Gasteiger partial charge in [-0.05, 0) is 31.2 Å². The summed E-state index contributed by atoms with van der Waals surface area (Å²) >= 11 is 0.962. The van der Waals surface area contributed by atoms with Crippen molar-refractivity contribution in [2.75, 3.05) is 6.16 Å². The molecule has 1 atom stereocenters. The van der Waals surface area contributed by atoms with E-state index in [9.17, 15) is 19.5 Å². The second-order valence-corrected chi connectivity index (χ2v) is 9.65. The molecule has 0 saturated carbocycles. The molecule has 0 aliphatic carbocycles. The van der Waals surface area contributed by atoms with Gasteiger partial charge < -0.3 is 5.11 Å². The van der Waals surface area contributed by atoms with E-state index in [1.54, 1.807) is 6.08 Å². The molecular formula is C17H28NO4PS. The van der Waals surface area contributed by atoms with E-state index in [0.29, 0.717) is 22.4 Å². The zero-order chi connectivity index (χ0) is 18.0. The van der Waals surface area contributed by atoms with E-state index in [-0.39, 0.29) is 43.5 Å². The van der Waals surface area contributed by atoms with Gasteiger partial charge in [-0.25, -0.2) is 0 Å². The fourth-order valence-corrected chi connectivity index (χ4v) is 4.16. The molecule has 136 valence electrons. The van der Waals surface area contributed by atoms with Crippen molar-refractivity contribution in [3.05, 3.63) is 22.3 Å². The van der Waals surface area contributed by atoms with E-state index in [2.05, 4.69) is 5.32 Å². The number of allylic oxidation sites excluding steroid dienone is 3. The van der Waals surface area contributed by atoms with Crippen LogP contribution in [-0.4, -0.2) is 27.9 Å². The summed E-state index contributed by atoms with van der Waals surface area (Å²) in [6.07, 6.45) is 2.36. The van der Waals surface area contributed by atoms with Gasteiger partial charge >= 0.3 is 0 Å². The summed E-state index contributed by atoms with van der Waals surface area (Å²) in [5.41, 5.74) is 0.514. The van der Waals surface area contributed by atoms with E-state index < -0.39 is 0 Å². The standard InChI is InChI=1S/C8H11NO2S.C8H13O2P.CH4/c1-8(2,3)4-5-6(10)9-7(11)12-5;1-8(2,3)6-5(9)4-11-7(6)10;/h4H,1-3H3,(H,9,10,11);9,11H,4H2,1-3H3;1H4. The minimum Gasteiger partial charge on any atom is -0.511 e. The van der Waals surface area contributed by atoms with Gasteiger partial charge in [0.05, 0.1) is 4.91 Å². The topological polar surface area (TPSA) is 83.5 Å². The number of hydrogen-bond donors (Lipinski definition) is 2. The molecule has 2 amide bonds. The summed E-state index contributed by atoms with van der Waals surface area (Å²) < 4.78 is 0. The monoisotopic (exact) mass is 373 g/mol. The van der Waals surface area contributed by atoms with Crippen LogP contribution in [-0.2, 0) is 9.59 Å². The highest BCUT2D eigenvalue weighted by Gasteiger charge is 2.31. The fraction of sp³-hybridized carbons (Fsp3) is 0.588. The lowest BCUT2D eigenvalue weighted by Gasteiger charge is -2.18. The number of aliphatic hydroxyl groups is 1. The van der Waals surface area contributed by atoms with Crippen molar-refractivity contribution >= 4 is 37.0 Å². The van der Waals surface area contributed by atoms with Gasteiger partial charge in [-0.2, -0.15) is 0 Å². The van der Waals surface area contributed by atoms with Crippen molar-refractivity contribution in [1.29, 1.82) is 0 Å². The molecule has 24 heavy (non-hydrogen) atoms. The summed E-state index contributed by atoms with van der Waals surface area (Å²) in [6.45, 7) is 11.8. The smallest absolute Gasteiger partial charge is 0.290 e. The van der Waals surface area contributed by atoms with Crippen molar-refractivity contribution in [1.82, 2.24) is 5.32 Å². The van der Waals surface area contributed by atoms with Crippen LogP contribution in [0, 0.1) is 10.8 Å².